The SMILES string of the molecule is COc1cccc(NC(=O)c2ccccc2NC(=O)c2cc(N3CCCC3)ccn2)c1. The number of hydrogen-bond acceptors (Lipinski definition) is 5. The summed E-state index contributed by atoms with van der Waals surface area (Å²) in [5.74, 6) is -0.0473. The minimum Gasteiger partial charge on any atom is -0.497 e. The first kappa shape index (κ1) is 20.4. The van der Waals surface area contributed by atoms with Crippen LogP contribution in [0.5, 0.6) is 5.75 Å². The Morgan fingerprint density at radius 3 is 2.55 bits per heavy atom. The lowest BCUT2D eigenvalue weighted by molar-refractivity contribution is 0.102. The third kappa shape index (κ3) is 4.83. The topological polar surface area (TPSA) is 83.6 Å². The number of benzene rings is 2. The minimum absolute atomic E-state index is 0.312. The van der Waals surface area contributed by atoms with Crippen molar-refractivity contribution < 1.29 is 14.3 Å². The maximum absolute atomic E-state index is 12.9. The highest BCUT2D eigenvalue weighted by molar-refractivity contribution is 6.12. The maximum Gasteiger partial charge on any atom is 0.274 e. The van der Waals surface area contributed by atoms with Gasteiger partial charge in [0.25, 0.3) is 11.8 Å². The summed E-state index contributed by atoms with van der Waals surface area (Å²) in [5, 5.41) is 5.67. The molecular weight excluding hydrogens is 392 g/mol. The molecule has 1 aliphatic rings. The molecule has 0 bridgehead atoms. The van der Waals surface area contributed by atoms with Gasteiger partial charge in [0.1, 0.15) is 11.4 Å². The number of carbonyl (C=O) groups excluding carboxylic acids is 2. The van der Waals surface area contributed by atoms with Crippen LogP contribution in [0.2, 0.25) is 0 Å². The second-order valence-electron chi connectivity index (χ2n) is 7.28. The third-order valence-electron chi connectivity index (χ3n) is 5.19. The normalized spacial score (nSPS) is 13.0. The zero-order valence-corrected chi connectivity index (χ0v) is 17.3. The molecule has 1 fully saturated rings. The van der Waals surface area contributed by atoms with E-state index in [1.54, 1.807) is 67.9 Å². The zero-order valence-electron chi connectivity index (χ0n) is 17.3. The predicted molar refractivity (Wildman–Crippen MR) is 121 cm³/mol. The summed E-state index contributed by atoms with van der Waals surface area (Å²) in [4.78, 5) is 32.2. The summed E-state index contributed by atoms with van der Waals surface area (Å²) in [6, 6.07) is 17.7. The van der Waals surface area contributed by atoms with Crippen LogP contribution in [0.15, 0.2) is 66.9 Å². The number of nitrogens with one attached hydrogen (secondary N) is 2. The van der Waals surface area contributed by atoms with E-state index in [1.807, 2.05) is 6.07 Å². The standard InChI is InChI=1S/C24H24N4O3/c1-31-19-8-6-7-17(15-19)26-23(29)20-9-2-3-10-21(20)27-24(30)22-16-18(11-12-25-22)28-13-4-5-14-28/h2-3,6-12,15-16H,4-5,13-14H2,1H3,(H,26,29)(H,27,30). The molecular formula is C24H24N4O3. The number of nitrogens with zero attached hydrogens (tertiary/aromatic N) is 2. The highest BCUT2D eigenvalue weighted by Gasteiger charge is 2.18. The molecule has 2 aromatic carbocycles. The number of methoxy groups -OCH3 is 1. The smallest absolute Gasteiger partial charge is 0.274 e. The highest BCUT2D eigenvalue weighted by Crippen LogP contribution is 2.23. The van der Waals surface area contributed by atoms with Crippen LogP contribution in [0.1, 0.15) is 33.7 Å². The molecule has 2 amide bonds. The number of carbonyl (C=O) groups is 2. The Kier molecular flexibility index (Phi) is 6.12. The maximum atomic E-state index is 12.9. The van der Waals surface area contributed by atoms with Gasteiger partial charge in [-0.15, -0.1) is 0 Å². The van der Waals surface area contributed by atoms with Gasteiger partial charge < -0.3 is 20.3 Å². The lowest BCUT2D eigenvalue weighted by atomic mass is 10.1. The lowest BCUT2D eigenvalue weighted by Gasteiger charge is -2.18. The van der Waals surface area contributed by atoms with E-state index >= 15 is 0 Å². The highest BCUT2D eigenvalue weighted by atomic mass is 16.5. The summed E-state index contributed by atoms with van der Waals surface area (Å²) in [6.07, 6.45) is 3.95. The van der Waals surface area contributed by atoms with E-state index in [4.69, 9.17) is 4.74 Å². The van der Waals surface area contributed by atoms with E-state index in [0.717, 1.165) is 31.6 Å². The summed E-state index contributed by atoms with van der Waals surface area (Å²) in [7, 11) is 1.57. The number of aromatic nitrogens is 1. The fourth-order valence-corrected chi connectivity index (χ4v) is 3.59. The zero-order chi connectivity index (χ0) is 21.6. The molecule has 1 saturated heterocycles. The molecule has 0 spiro atoms. The molecule has 1 aliphatic heterocycles. The average molecular weight is 416 g/mol. The number of amides is 2. The molecule has 1 aromatic heterocycles. The number of anilines is 3. The van der Waals surface area contributed by atoms with E-state index < -0.39 is 0 Å². The van der Waals surface area contributed by atoms with Crippen molar-refractivity contribution in [3.63, 3.8) is 0 Å². The van der Waals surface area contributed by atoms with E-state index in [2.05, 4.69) is 20.5 Å². The van der Waals surface area contributed by atoms with Crippen molar-refractivity contribution in [1.29, 1.82) is 0 Å². The number of para-hydroxylation sites is 1. The number of ether oxygens (including phenoxy) is 1. The van der Waals surface area contributed by atoms with Crippen LogP contribution in [0.4, 0.5) is 17.1 Å². The Morgan fingerprint density at radius 1 is 0.935 bits per heavy atom. The van der Waals surface area contributed by atoms with E-state index in [-0.39, 0.29) is 11.8 Å². The van der Waals surface area contributed by atoms with Crippen molar-refractivity contribution in [2.75, 3.05) is 35.7 Å². The Bertz CT molecular complexity index is 1090. The summed E-state index contributed by atoms with van der Waals surface area (Å²) in [5.41, 5.74) is 2.68. The van der Waals surface area contributed by atoms with Gasteiger partial charge in [0.05, 0.1) is 18.4 Å². The Morgan fingerprint density at radius 2 is 1.74 bits per heavy atom. The monoisotopic (exact) mass is 416 g/mol. The second-order valence-corrected chi connectivity index (χ2v) is 7.28. The van der Waals surface area contributed by atoms with Gasteiger partial charge in [-0.25, -0.2) is 0 Å². The van der Waals surface area contributed by atoms with Gasteiger partial charge >= 0.3 is 0 Å². The van der Waals surface area contributed by atoms with Gasteiger partial charge in [-0.2, -0.15) is 0 Å². The molecule has 0 atom stereocenters. The van der Waals surface area contributed by atoms with Gasteiger partial charge in [-0.3, -0.25) is 14.6 Å². The predicted octanol–water partition coefficient (Wildman–Crippen LogP) is 4.20. The van der Waals surface area contributed by atoms with Gasteiger partial charge in [-0.05, 0) is 49.2 Å². The van der Waals surface area contributed by atoms with Crippen LogP contribution < -0.4 is 20.3 Å². The van der Waals surface area contributed by atoms with E-state index in [9.17, 15) is 9.59 Å². The molecule has 31 heavy (non-hydrogen) atoms. The van der Waals surface area contributed by atoms with Gasteiger partial charge in [0.2, 0.25) is 0 Å². The van der Waals surface area contributed by atoms with Crippen molar-refractivity contribution in [3.8, 4) is 5.75 Å². The van der Waals surface area contributed by atoms with Crippen molar-refractivity contribution >= 4 is 28.9 Å². The van der Waals surface area contributed by atoms with Crippen LogP contribution in [0.25, 0.3) is 0 Å². The Labute approximate surface area is 181 Å². The van der Waals surface area contributed by atoms with Crippen molar-refractivity contribution in [2.24, 2.45) is 0 Å². The first-order valence-corrected chi connectivity index (χ1v) is 10.2. The van der Waals surface area contributed by atoms with Crippen molar-refractivity contribution in [1.82, 2.24) is 4.98 Å². The lowest BCUT2D eigenvalue weighted by Crippen LogP contribution is -2.21. The average Bonchev–Trinajstić information content (AvgIpc) is 3.35. The first-order valence-electron chi connectivity index (χ1n) is 10.2. The van der Waals surface area contributed by atoms with Crippen LogP contribution in [0.3, 0.4) is 0 Å². The van der Waals surface area contributed by atoms with Crippen LogP contribution in [-0.2, 0) is 0 Å². The fourth-order valence-electron chi connectivity index (χ4n) is 3.59. The number of hydrogen-bond donors (Lipinski definition) is 2. The number of pyridine rings is 1. The molecule has 0 saturated carbocycles. The molecule has 0 radical (unpaired) electrons. The molecule has 0 unspecified atom stereocenters. The fraction of sp³-hybridized carbons (Fsp3) is 0.208. The van der Waals surface area contributed by atoms with Gasteiger partial charge in [-0.1, -0.05) is 18.2 Å². The van der Waals surface area contributed by atoms with Crippen LogP contribution in [-0.4, -0.2) is 37.0 Å². The molecule has 4 rings (SSSR count). The van der Waals surface area contributed by atoms with Gasteiger partial charge in [0.15, 0.2) is 0 Å². The molecule has 158 valence electrons. The van der Waals surface area contributed by atoms with Crippen molar-refractivity contribution in [2.45, 2.75) is 12.8 Å². The summed E-state index contributed by atoms with van der Waals surface area (Å²) >= 11 is 0. The number of rotatable bonds is 6. The van der Waals surface area contributed by atoms with Crippen LogP contribution in [0, 0.1) is 0 Å². The first-order chi connectivity index (χ1) is 15.1. The van der Waals surface area contributed by atoms with Crippen molar-refractivity contribution in [3.05, 3.63) is 78.1 Å². The summed E-state index contributed by atoms with van der Waals surface area (Å²) < 4.78 is 5.20. The van der Waals surface area contributed by atoms with Gasteiger partial charge in [0, 0.05) is 36.7 Å². The molecule has 2 heterocycles. The third-order valence-corrected chi connectivity index (χ3v) is 5.19. The largest absolute Gasteiger partial charge is 0.497 e. The Balaban J connectivity index is 1.51. The molecule has 0 aliphatic carbocycles. The van der Waals surface area contributed by atoms with E-state index in [0.29, 0.717) is 28.4 Å². The van der Waals surface area contributed by atoms with E-state index in [1.165, 1.54) is 0 Å². The summed E-state index contributed by atoms with van der Waals surface area (Å²) in [6.45, 7) is 1.97. The second kappa shape index (κ2) is 9.30. The molecule has 7 nitrogen and oxygen atoms in total. The quantitative estimate of drug-likeness (QED) is 0.629. The molecule has 7 heteroatoms. The Hall–Kier alpha value is -3.87. The molecule has 2 N–H and O–H groups in total. The minimum atomic E-state index is -0.359. The van der Waals surface area contributed by atoms with Crippen LogP contribution >= 0.6 is 0 Å². The molecule has 3 aromatic rings.